The molecule has 1 rings (SSSR count). The van der Waals surface area contributed by atoms with E-state index in [1.807, 2.05) is 0 Å². The van der Waals surface area contributed by atoms with Crippen molar-refractivity contribution in [3.8, 4) is 0 Å². The summed E-state index contributed by atoms with van der Waals surface area (Å²) < 4.78 is 0.573. The van der Waals surface area contributed by atoms with Crippen molar-refractivity contribution in [2.45, 2.75) is 0 Å². The number of amides is 1. The summed E-state index contributed by atoms with van der Waals surface area (Å²) >= 11 is 6.82. The largest absolute Gasteiger partial charge is 0.465 e. The molecule has 0 aliphatic heterocycles. The highest BCUT2D eigenvalue weighted by Crippen LogP contribution is 2.23. The van der Waals surface area contributed by atoms with Gasteiger partial charge in [0.05, 0.1) is 10.0 Å². The number of hydrogen-bond acceptors (Lipinski definition) is 2. The first-order chi connectivity index (χ1) is 4.68. The number of carboxylic acid groups (broad SMARTS) is 1. The van der Waals surface area contributed by atoms with Gasteiger partial charge in [0.25, 0.3) is 0 Å². The number of thiophene rings is 1. The molecule has 0 radical (unpaired) electrons. The van der Waals surface area contributed by atoms with Crippen LogP contribution < -0.4 is 5.32 Å². The normalized spacial score (nSPS) is 9.30. The average molecular weight is 178 g/mol. The summed E-state index contributed by atoms with van der Waals surface area (Å²) in [5.41, 5.74) is 0.516. The van der Waals surface area contributed by atoms with Crippen LogP contribution in [0.4, 0.5) is 10.5 Å². The monoisotopic (exact) mass is 177 g/mol. The number of halogens is 1. The molecule has 1 aromatic heterocycles. The lowest BCUT2D eigenvalue weighted by Crippen LogP contribution is -2.05. The first kappa shape index (κ1) is 7.37. The van der Waals surface area contributed by atoms with Crippen LogP contribution in [-0.4, -0.2) is 11.2 Å². The molecule has 0 aliphatic rings. The number of carbonyl (C=O) groups is 1. The molecule has 1 amide bonds. The zero-order valence-electron chi connectivity index (χ0n) is 4.80. The Morgan fingerprint density at radius 1 is 1.80 bits per heavy atom. The van der Waals surface area contributed by atoms with Crippen molar-refractivity contribution in [1.29, 1.82) is 0 Å². The topological polar surface area (TPSA) is 49.3 Å². The Kier molecular flexibility index (Phi) is 2.13. The number of nitrogens with one attached hydrogen (secondary N) is 1. The highest BCUT2D eigenvalue weighted by atomic mass is 35.5. The maximum atomic E-state index is 10.0. The summed E-state index contributed by atoms with van der Waals surface area (Å²) in [5.74, 6) is 0. The van der Waals surface area contributed by atoms with Gasteiger partial charge in [-0.2, -0.15) is 0 Å². The molecule has 0 atom stereocenters. The number of hydrogen-bond donors (Lipinski definition) is 2. The molecule has 2 N–H and O–H groups in total. The summed E-state index contributed by atoms with van der Waals surface area (Å²) in [4.78, 5) is 10.0. The Morgan fingerprint density at radius 3 is 2.90 bits per heavy atom. The first-order valence-corrected chi connectivity index (χ1v) is 3.68. The fraction of sp³-hybridized carbons (Fsp3) is 0. The van der Waals surface area contributed by atoms with Crippen LogP contribution in [0.1, 0.15) is 0 Å². The lowest BCUT2D eigenvalue weighted by Gasteiger charge is -1.91. The molecule has 54 valence electrons. The van der Waals surface area contributed by atoms with E-state index >= 15 is 0 Å². The number of rotatable bonds is 1. The van der Waals surface area contributed by atoms with Gasteiger partial charge in [0.2, 0.25) is 0 Å². The molecule has 3 nitrogen and oxygen atoms in total. The van der Waals surface area contributed by atoms with Crippen LogP contribution in [0.15, 0.2) is 11.4 Å². The van der Waals surface area contributed by atoms with Crippen molar-refractivity contribution in [3.05, 3.63) is 15.8 Å². The molecule has 10 heavy (non-hydrogen) atoms. The van der Waals surface area contributed by atoms with Crippen LogP contribution in [0.2, 0.25) is 4.34 Å². The quantitative estimate of drug-likeness (QED) is 0.693. The lowest BCUT2D eigenvalue weighted by molar-refractivity contribution is 0.210. The molecule has 0 unspecified atom stereocenters. The highest BCUT2D eigenvalue weighted by molar-refractivity contribution is 7.14. The molecule has 0 spiro atoms. The fourth-order valence-electron chi connectivity index (χ4n) is 0.499. The van der Waals surface area contributed by atoms with Crippen molar-refractivity contribution >= 4 is 34.7 Å². The molecule has 0 fully saturated rings. The van der Waals surface area contributed by atoms with Crippen LogP contribution in [0.5, 0.6) is 0 Å². The fourth-order valence-corrected chi connectivity index (χ4v) is 1.31. The second-order valence-corrected chi connectivity index (χ2v) is 3.11. The second-order valence-electron chi connectivity index (χ2n) is 1.57. The molecule has 1 aromatic rings. The predicted molar refractivity (Wildman–Crippen MR) is 41.0 cm³/mol. The molecular formula is C5H4ClNO2S. The van der Waals surface area contributed by atoms with Gasteiger partial charge < -0.3 is 5.11 Å². The van der Waals surface area contributed by atoms with E-state index in [9.17, 15) is 4.79 Å². The number of anilines is 1. The second kappa shape index (κ2) is 2.90. The van der Waals surface area contributed by atoms with Crippen LogP contribution in [0.3, 0.4) is 0 Å². The van der Waals surface area contributed by atoms with E-state index in [1.54, 1.807) is 11.4 Å². The Bertz CT molecular complexity index is 248. The Balaban J connectivity index is 2.67. The van der Waals surface area contributed by atoms with Crippen molar-refractivity contribution in [1.82, 2.24) is 0 Å². The van der Waals surface area contributed by atoms with Gasteiger partial charge in [-0.15, -0.1) is 11.3 Å². The summed E-state index contributed by atoms with van der Waals surface area (Å²) in [6, 6.07) is 1.56. The van der Waals surface area contributed by atoms with Crippen LogP contribution in [0, 0.1) is 0 Å². The summed E-state index contributed by atoms with van der Waals surface area (Å²) in [6.07, 6.45) is -1.07. The van der Waals surface area contributed by atoms with Crippen LogP contribution >= 0.6 is 22.9 Å². The third kappa shape index (κ3) is 1.89. The minimum Gasteiger partial charge on any atom is -0.465 e. The Labute approximate surface area is 66.2 Å². The van der Waals surface area contributed by atoms with Gasteiger partial charge in [-0.1, -0.05) is 11.6 Å². The SMILES string of the molecule is O=C(O)Nc1csc(Cl)c1. The van der Waals surface area contributed by atoms with Gasteiger partial charge in [-0.05, 0) is 6.07 Å². The van der Waals surface area contributed by atoms with E-state index in [2.05, 4.69) is 5.32 Å². The summed E-state index contributed by atoms with van der Waals surface area (Å²) in [5, 5.41) is 12.0. The first-order valence-electron chi connectivity index (χ1n) is 2.42. The molecule has 5 heteroatoms. The van der Waals surface area contributed by atoms with Crippen molar-refractivity contribution < 1.29 is 9.90 Å². The maximum absolute atomic E-state index is 10.0. The maximum Gasteiger partial charge on any atom is 0.409 e. The van der Waals surface area contributed by atoms with Gasteiger partial charge in [-0.3, -0.25) is 5.32 Å². The molecule has 0 aromatic carbocycles. The predicted octanol–water partition coefficient (Wildman–Crippen LogP) is 2.49. The van der Waals surface area contributed by atoms with Gasteiger partial charge in [0, 0.05) is 5.38 Å². The third-order valence-corrected chi connectivity index (χ3v) is 1.91. The van der Waals surface area contributed by atoms with Crippen molar-refractivity contribution in [3.63, 3.8) is 0 Å². The van der Waals surface area contributed by atoms with Gasteiger partial charge >= 0.3 is 6.09 Å². The van der Waals surface area contributed by atoms with Gasteiger partial charge in [0.1, 0.15) is 0 Å². The summed E-state index contributed by atoms with van der Waals surface area (Å²) in [6.45, 7) is 0. The van der Waals surface area contributed by atoms with Crippen molar-refractivity contribution in [2.75, 3.05) is 5.32 Å². The third-order valence-electron chi connectivity index (χ3n) is 0.819. The minimum absolute atomic E-state index is 0.516. The molecule has 0 saturated heterocycles. The van der Waals surface area contributed by atoms with Gasteiger partial charge in [-0.25, -0.2) is 4.79 Å². The van der Waals surface area contributed by atoms with Crippen LogP contribution in [0.25, 0.3) is 0 Å². The molecule has 1 heterocycles. The van der Waals surface area contributed by atoms with E-state index in [0.717, 1.165) is 0 Å². The van der Waals surface area contributed by atoms with E-state index in [0.29, 0.717) is 10.0 Å². The Hall–Kier alpha value is -0.740. The van der Waals surface area contributed by atoms with Gasteiger partial charge in [0.15, 0.2) is 0 Å². The summed E-state index contributed by atoms with van der Waals surface area (Å²) in [7, 11) is 0. The van der Waals surface area contributed by atoms with E-state index < -0.39 is 6.09 Å². The van der Waals surface area contributed by atoms with E-state index in [-0.39, 0.29) is 0 Å². The smallest absolute Gasteiger partial charge is 0.409 e. The molecule has 0 aliphatic carbocycles. The zero-order valence-corrected chi connectivity index (χ0v) is 6.37. The lowest BCUT2D eigenvalue weighted by atomic mass is 10.5. The van der Waals surface area contributed by atoms with Crippen LogP contribution in [-0.2, 0) is 0 Å². The zero-order chi connectivity index (χ0) is 7.56. The average Bonchev–Trinajstić information content (AvgIpc) is 2.13. The molecule has 0 saturated carbocycles. The standard InChI is InChI=1S/C5H4ClNO2S/c6-4-1-3(2-10-4)7-5(8)9/h1-2,7H,(H,8,9). The molecular weight excluding hydrogens is 174 g/mol. The molecule has 0 bridgehead atoms. The van der Waals surface area contributed by atoms with E-state index in [4.69, 9.17) is 16.7 Å². The minimum atomic E-state index is -1.07. The van der Waals surface area contributed by atoms with Crippen molar-refractivity contribution in [2.24, 2.45) is 0 Å². The highest BCUT2D eigenvalue weighted by Gasteiger charge is 1.99. The van der Waals surface area contributed by atoms with E-state index in [1.165, 1.54) is 11.3 Å². The Morgan fingerprint density at radius 2 is 2.50 bits per heavy atom.